The predicted octanol–water partition coefficient (Wildman–Crippen LogP) is 5.41. The van der Waals surface area contributed by atoms with Crippen LogP contribution >= 0.6 is 15.9 Å². The lowest BCUT2D eigenvalue weighted by Crippen LogP contribution is -2.03. The Kier molecular flexibility index (Phi) is 5.58. The Labute approximate surface area is 156 Å². The van der Waals surface area contributed by atoms with Crippen molar-refractivity contribution in [3.8, 4) is 5.75 Å². The van der Waals surface area contributed by atoms with E-state index in [1.165, 1.54) is 36.5 Å². The number of ether oxygens (including phenoxy) is 1. The maximum atomic E-state index is 12.3. The van der Waals surface area contributed by atoms with Gasteiger partial charge in [-0.15, -0.1) is 0 Å². The molecule has 2 aromatic carbocycles. The summed E-state index contributed by atoms with van der Waals surface area (Å²) in [6, 6.07) is 13.1. The molecule has 0 spiro atoms. The molecule has 0 unspecified atom stereocenters. The van der Waals surface area contributed by atoms with Crippen molar-refractivity contribution in [1.29, 1.82) is 0 Å². The summed E-state index contributed by atoms with van der Waals surface area (Å²) in [4.78, 5) is 16.5. The van der Waals surface area contributed by atoms with Crippen molar-refractivity contribution in [3.05, 3.63) is 77.0 Å². The zero-order valence-corrected chi connectivity index (χ0v) is 14.9. The molecule has 0 fully saturated rings. The second-order valence-electron chi connectivity index (χ2n) is 5.24. The fourth-order valence-electron chi connectivity index (χ4n) is 2.38. The van der Waals surface area contributed by atoms with Gasteiger partial charge in [0.05, 0.1) is 11.2 Å². The Morgan fingerprint density at radius 3 is 2.85 bits per heavy atom. The summed E-state index contributed by atoms with van der Waals surface area (Å²) < 4.78 is 29.7. The Morgan fingerprint density at radius 2 is 2.04 bits per heavy atom. The third-order valence-electron chi connectivity index (χ3n) is 3.53. The minimum atomic E-state index is -2.93. The Bertz CT molecular complexity index is 977. The van der Waals surface area contributed by atoms with Gasteiger partial charge < -0.3 is 10.1 Å². The lowest BCUT2D eigenvalue weighted by atomic mass is 10.1. The van der Waals surface area contributed by atoms with Gasteiger partial charge in [0, 0.05) is 33.9 Å². The van der Waals surface area contributed by atoms with E-state index in [-0.39, 0.29) is 17.1 Å². The van der Waals surface area contributed by atoms with Crippen LogP contribution in [0, 0.1) is 0 Å². The SMILES string of the molecule is O=C(/C=C/Nc1ccc(Br)c2cccnc12)c1cccc(OC(F)F)c1. The van der Waals surface area contributed by atoms with Crippen LogP contribution in [0.1, 0.15) is 10.4 Å². The number of pyridine rings is 1. The molecule has 3 aromatic rings. The molecule has 0 aliphatic rings. The third-order valence-corrected chi connectivity index (χ3v) is 4.23. The number of benzene rings is 2. The number of aromatic nitrogens is 1. The maximum absolute atomic E-state index is 12.3. The zero-order valence-electron chi connectivity index (χ0n) is 13.3. The first-order valence-corrected chi connectivity index (χ1v) is 8.39. The fourth-order valence-corrected chi connectivity index (χ4v) is 2.84. The molecule has 0 amide bonds. The van der Waals surface area contributed by atoms with Crippen LogP contribution in [0.15, 0.2) is 71.5 Å². The summed E-state index contributed by atoms with van der Waals surface area (Å²) in [5.41, 5.74) is 1.74. The quantitative estimate of drug-likeness (QED) is 0.429. The molecule has 1 aromatic heterocycles. The minimum absolute atomic E-state index is 0.0599. The van der Waals surface area contributed by atoms with E-state index in [0.717, 1.165) is 21.1 Å². The van der Waals surface area contributed by atoms with Crippen LogP contribution in [0.5, 0.6) is 5.75 Å². The van der Waals surface area contributed by atoms with Crippen LogP contribution < -0.4 is 10.1 Å². The van der Waals surface area contributed by atoms with Crippen molar-refractivity contribution in [3.63, 3.8) is 0 Å². The van der Waals surface area contributed by atoms with Crippen LogP contribution in [0.25, 0.3) is 10.9 Å². The van der Waals surface area contributed by atoms with E-state index in [9.17, 15) is 13.6 Å². The molecule has 0 aliphatic carbocycles. The highest BCUT2D eigenvalue weighted by molar-refractivity contribution is 9.10. The summed E-state index contributed by atoms with van der Waals surface area (Å²) in [6.07, 6.45) is 4.49. The number of carbonyl (C=O) groups excluding carboxylic acids is 1. The number of carbonyl (C=O) groups is 1. The van der Waals surface area contributed by atoms with Gasteiger partial charge in [0.2, 0.25) is 0 Å². The van der Waals surface area contributed by atoms with Gasteiger partial charge in [-0.05, 0) is 30.3 Å². The van der Waals surface area contributed by atoms with E-state index in [1.807, 2.05) is 24.3 Å². The Morgan fingerprint density at radius 1 is 1.19 bits per heavy atom. The third kappa shape index (κ3) is 4.23. The zero-order chi connectivity index (χ0) is 18.5. The first-order valence-electron chi connectivity index (χ1n) is 7.60. The topological polar surface area (TPSA) is 51.2 Å². The van der Waals surface area contributed by atoms with Crippen molar-refractivity contribution >= 4 is 38.3 Å². The van der Waals surface area contributed by atoms with Crippen molar-refractivity contribution < 1.29 is 18.3 Å². The van der Waals surface area contributed by atoms with E-state index in [0.29, 0.717) is 0 Å². The smallest absolute Gasteiger partial charge is 0.387 e. The number of alkyl halides is 2. The molecule has 0 radical (unpaired) electrons. The summed E-state index contributed by atoms with van der Waals surface area (Å²) in [5.74, 6) is -0.401. The summed E-state index contributed by atoms with van der Waals surface area (Å²) in [6.45, 7) is -2.93. The van der Waals surface area contributed by atoms with Crippen LogP contribution in [-0.2, 0) is 0 Å². The number of ketones is 1. The van der Waals surface area contributed by atoms with Crippen molar-refractivity contribution in [2.45, 2.75) is 6.61 Å². The average Bonchev–Trinajstić information content (AvgIpc) is 2.63. The number of hydrogen-bond acceptors (Lipinski definition) is 4. The largest absolute Gasteiger partial charge is 0.435 e. The van der Waals surface area contributed by atoms with Crippen molar-refractivity contribution in [1.82, 2.24) is 4.98 Å². The Hall–Kier alpha value is -2.80. The molecule has 4 nitrogen and oxygen atoms in total. The molecule has 1 N–H and O–H groups in total. The van der Waals surface area contributed by atoms with E-state index in [2.05, 4.69) is 31.0 Å². The van der Waals surface area contributed by atoms with Gasteiger partial charge >= 0.3 is 6.61 Å². The van der Waals surface area contributed by atoms with E-state index in [4.69, 9.17) is 0 Å². The molecule has 0 saturated heterocycles. The number of nitrogens with zero attached hydrogens (tertiary/aromatic N) is 1. The van der Waals surface area contributed by atoms with Gasteiger partial charge in [-0.25, -0.2) is 0 Å². The summed E-state index contributed by atoms with van der Waals surface area (Å²) in [5, 5.41) is 3.97. The lowest BCUT2D eigenvalue weighted by Gasteiger charge is -2.07. The molecule has 26 heavy (non-hydrogen) atoms. The van der Waals surface area contributed by atoms with Gasteiger partial charge in [-0.1, -0.05) is 34.1 Å². The number of halogens is 3. The normalized spacial score (nSPS) is 11.2. The number of fused-ring (bicyclic) bond motifs is 1. The number of hydrogen-bond donors (Lipinski definition) is 1. The number of rotatable bonds is 6. The van der Waals surface area contributed by atoms with E-state index < -0.39 is 6.61 Å². The fraction of sp³-hybridized carbons (Fsp3) is 0.0526. The average molecular weight is 419 g/mol. The van der Waals surface area contributed by atoms with Gasteiger partial charge in [0.15, 0.2) is 5.78 Å². The van der Waals surface area contributed by atoms with E-state index >= 15 is 0 Å². The van der Waals surface area contributed by atoms with Crippen LogP contribution in [-0.4, -0.2) is 17.4 Å². The number of nitrogens with one attached hydrogen (secondary N) is 1. The van der Waals surface area contributed by atoms with Gasteiger partial charge in [0.25, 0.3) is 0 Å². The highest BCUT2D eigenvalue weighted by Crippen LogP contribution is 2.28. The molecule has 0 saturated carbocycles. The molecule has 3 rings (SSSR count). The predicted molar refractivity (Wildman–Crippen MR) is 99.6 cm³/mol. The molecule has 7 heteroatoms. The van der Waals surface area contributed by atoms with Crippen LogP contribution in [0.2, 0.25) is 0 Å². The number of anilines is 1. The summed E-state index contributed by atoms with van der Waals surface area (Å²) in [7, 11) is 0. The Balaban J connectivity index is 1.75. The molecule has 132 valence electrons. The molecular formula is C19H13BrF2N2O2. The van der Waals surface area contributed by atoms with E-state index in [1.54, 1.807) is 6.20 Å². The summed E-state index contributed by atoms with van der Waals surface area (Å²) >= 11 is 3.47. The first-order chi connectivity index (χ1) is 12.5. The standard InChI is InChI=1S/C19H13BrF2N2O2/c20-15-6-7-16(18-14(15)5-2-9-24-18)23-10-8-17(25)12-3-1-4-13(11-12)26-19(21)22/h1-11,19,23H/b10-8+. The molecule has 0 bridgehead atoms. The van der Waals surface area contributed by atoms with Crippen molar-refractivity contribution in [2.75, 3.05) is 5.32 Å². The lowest BCUT2D eigenvalue weighted by molar-refractivity contribution is -0.0498. The van der Waals surface area contributed by atoms with Crippen LogP contribution in [0.4, 0.5) is 14.5 Å². The van der Waals surface area contributed by atoms with Crippen molar-refractivity contribution in [2.24, 2.45) is 0 Å². The van der Waals surface area contributed by atoms with Crippen LogP contribution in [0.3, 0.4) is 0 Å². The monoisotopic (exact) mass is 418 g/mol. The maximum Gasteiger partial charge on any atom is 0.387 e. The molecule has 0 atom stereocenters. The number of allylic oxidation sites excluding steroid dienone is 1. The second-order valence-corrected chi connectivity index (χ2v) is 6.10. The molecule has 1 heterocycles. The highest BCUT2D eigenvalue weighted by Gasteiger charge is 2.08. The van der Waals surface area contributed by atoms with Gasteiger partial charge in [-0.2, -0.15) is 8.78 Å². The van der Waals surface area contributed by atoms with Gasteiger partial charge in [-0.3, -0.25) is 9.78 Å². The highest BCUT2D eigenvalue weighted by atomic mass is 79.9. The van der Waals surface area contributed by atoms with Gasteiger partial charge in [0.1, 0.15) is 5.75 Å². The first kappa shape index (κ1) is 18.0. The molecule has 0 aliphatic heterocycles. The second kappa shape index (κ2) is 8.05. The minimum Gasteiger partial charge on any atom is -0.435 e. The molecular weight excluding hydrogens is 406 g/mol.